The lowest BCUT2D eigenvalue weighted by molar-refractivity contribution is 0.378. The highest BCUT2D eigenvalue weighted by Crippen LogP contribution is 2.22. The van der Waals surface area contributed by atoms with Crippen LogP contribution in [0.15, 0.2) is 24.5 Å². The Morgan fingerprint density at radius 2 is 2.44 bits per heavy atom. The van der Waals surface area contributed by atoms with Gasteiger partial charge in [0, 0.05) is 0 Å². The summed E-state index contributed by atoms with van der Waals surface area (Å²) >= 11 is 0. The molecule has 0 saturated carbocycles. The van der Waals surface area contributed by atoms with Crippen LogP contribution in [0.3, 0.4) is 0 Å². The molecule has 0 heterocycles. The van der Waals surface area contributed by atoms with Crippen LogP contribution in [0.5, 0.6) is 0 Å². The first kappa shape index (κ1) is 8.54. The third-order valence-corrected chi connectivity index (χ3v) is 1.54. The summed E-state index contributed by atoms with van der Waals surface area (Å²) in [7, 11) is -1.59. The minimum Gasteiger partial charge on any atom is -0.138 e. The fraction of sp³-hybridized carbons (Fsp3) is 0.333. The molecule has 0 aromatic rings. The predicted molar refractivity (Wildman–Crippen MR) is 38.6 cm³/mol. The summed E-state index contributed by atoms with van der Waals surface area (Å²) in [6, 6.07) is 0. The lowest BCUT2D eigenvalue weighted by atomic mass is 10.7. The van der Waals surface area contributed by atoms with Crippen molar-refractivity contribution in [2.24, 2.45) is 0 Å². The Balaban J connectivity index is 3.38. The Labute approximate surface area is 56.1 Å². The average molecular weight is 145 g/mol. The summed E-state index contributed by atoms with van der Waals surface area (Å²) in [5.41, 5.74) is 0. The van der Waals surface area contributed by atoms with Crippen molar-refractivity contribution >= 4 is 8.03 Å². The largest absolute Gasteiger partial charge is 0.540 e. The van der Waals surface area contributed by atoms with Crippen molar-refractivity contribution in [2.75, 3.05) is 6.61 Å². The Bertz CT molecular complexity index is 129. The number of hydrogen-bond acceptors (Lipinski definition) is 2. The van der Waals surface area contributed by atoms with Crippen LogP contribution in [-0.2, 0) is 9.09 Å². The maximum absolute atomic E-state index is 10.6. The van der Waals surface area contributed by atoms with Crippen LogP contribution in [0.1, 0.15) is 6.92 Å². The maximum atomic E-state index is 10.6. The van der Waals surface area contributed by atoms with Crippen molar-refractivity contribution in [1.82, 2.24) is 0 Å². The molecule has 0 aliphatic heterocycles. The molecule has 9 heavy (non-hydrogen) atoms. The number of rotatable bonds is 4. The minimum absolute atomic E-state index is 0.347. The quantitative estimate of drug-likeness (QED) is 0.448. The van der Waals surface area contributed by atoms with Crippen molar-refractivity contribution in [1.29, 1.82) is 0 Å². The maximum Gasteiger partial charge on any atom is 0.540 e. The van der Waals surface area contributed by atoms with Crippen LogP contribution in [-0.4, -0.2) is 6.61 Å². The molecule has 0 amide bonds. The molecule has 3 heteroatoms. The zero-order valence-corrected chi connectivity index (χ0v) is 6.30. The smallest absolute Gasteiger partial charge is 0.138 e. The third kappa shape index (κ3) is 5.41. The van der Waals surface area contributed by atoms with Crippen molar-refractivity contribution in [2.45, 2.75) is 6.92 Å². The zero-order chi connectivity index (χ0) is 7.11. The molecule has 2 nitrogen and oxygen atoms in total. The van der Waals surface area contributed by atoms with E-state index < -0.39 is 8.03 Å². The second-order valence-electron chi connectivity index (χ2n) is 1.35. The van der Waals surface area contributed by atoms with Gasteiger partial charge in [0.25, 0.3) is 0 Å². The van der Waals surface area contributed by atoms with Crippen LogP contribution in [0.2, 0.25) is 0 Å². The van der Waals surface area contributed by atoms with Crippen LogP contribution in [0.25, 0.3) is 0 Å². The van der Waals surface area contributed by atoms with Crippen LogP contribution in [0, 0.1) is 0 Å². The topological polar surface area (TPSA) is 26.3 Å². The van der Waals surface area contributed by atoms with Gasteiger partial charge in [0.15, 0.2) is 5.82 Å². The first-order chi connectivity index (χ1) is 4.31. The molecule has 0 radical (unpaired) electrons. The first-order valence-electron chi connectivity index (χ1n) is 2.64. The van der Waals surface area contributed by atoms with Gasteiger partial charge in [-0.15, -0.1) is 11.1 Å². The van der Waals surface area contributed by atoms with Gasteiger partial charge < -0.3 is 0 Å². The Morgan fingerprint density at radius 1 is 1.78 bits per heavy atom. The highest BCUT2D eigenvalue weighted by Gasteiger charge is 2.08. The van der Waals surface area contributed by atoms with E-state index in [9.17, 15) is 4.57 Å². The molecule has 0 fully saturated rings. The molecule has 0 bridgehead atoms. The Kier molecular flexibility index (Phi) is 5.38. The molecule has 0 spiro atoms. The summed E-state index contributed by atoms with van der Waals surface area (Å²) in [6.45, 7) is 5.56. The van der Waals surface area contributed by atoms with E-state index in [0.717, 1.165) is 0 Å². The molecular weight excluding hydrogens is 135 g/mol. The van der Waals surface area contributed by atoms with E-state index in [1.165, 1.54) is 5.82 Å². The average Bonchev–Trinajstić information content (AvgIpc) is 1.85. The second kappa shape index (κ2) is 5.67. The Hall–Kier alpha value is -0.460. The van der Waals surface area contributed by atoms with Gasteiger partial charge in [-0.05, 0) is 17.6 Å². The molecule has 1 atom stereocenters. The van der Waals surface area contributed by atoms with Crippen LogP contribution in [0.4, 0.5) is 0 Å². The lowest BCUT2D eigenvalue weighted by Gasteiger charge is -1.75. The normalized spacial score (nSPS) is 11.9. The number of hydrogen-bond donors (Lipinski definition) is 0. The van der Waals surface area contributed by atoms with Gasteiger partial charge in [0.2, 0.25) is 0 Å². The summed E-state index contributed by atoms with van der Waals surface area (Å²) in [5, 5.41) is 0. The molecule has 0 rings (SSSR count). The second-order valence-corrected chi connectivity index (χ2v) is 2.48. The van der Waals surface area contributed by atoms with Crippen LogP contribution >= 0.6 is 8.03 Å². The van der Waals surface area contributed by atoms with Gasteiger partial charge in [0.1, 0.15) is 6.61 Å². The van der Waals surface area contributed by atoms with E-state index in [0.29, 0.717) is 6.61 Å². The molecule has 0 N–H and O–H groups in total. The van der Waals surface area contributed by atoms with Gasteiger partial charge >= 0.3 is 8.03 Å². The van der Waals surface area contributed by atoms with Crippen molar-refractivity contribution in [3.05, 3.63) is 24.5 Å². The fourth-order valence-corrected chi connectivity index (χ4v) is 0.873. The molecule has 0 aliphatic rings. The summed E-state index contributed by atoms with van der Waals surface area (Å²) < 4.78 is 15.3. The van der Waals surface area contributed by atoms with Gasteiger partial charge in [-0.2, -0.15) is 0 Å². The van der Waals surface area contributed by atoms with Crippen LogP contribution < -0.4 is 0 Å². The van der Waals surface area contributed by atoms with E-state index in [1.54, 1.807) is 19.1 Å². The summed E-state index contributed by atoms with van der Waals surface area (Å²) in [6.07, 6.45) is 3.26. The first-order valence-corrected chi connectivity index (χ1v) is 3.89. The minimum atomic E-state index is -1.59. The van der Waals surface area contributed by atoms with Crippen molar-refractivity contribution < 1.29 is 9.09 Å². The highest BCUT2D eigenvalue weighted by atomic mass is 31.1. The van der Waals surface area contributed by atoms with E-state index in [1.807, 2.05) is 0 Å². The molecule has 0 aromatic carbocycles. The van der Waals surface area contributed by atoms with Gasteiger partial charge in [0.05, 0.1) is 0 Å². The zero-order valence-electron chi connectivity index (χ0n) is 5.41. The van der Waals surface area contributed by atoms with Gasteiger partial charge in [-0.25, -0.2) is 0 Å². The SMILES string of the molecule is C=CCO[P+](=O)C=CC. The molecule has 0 aliphatic carbocycles. The Morgan fingerprint density at radius 3 is 2.89 bits per heavy atom. The molecule has 1 unspecified atom stereocenters. The molecule has 0 saturated heterocycles. The summed E-state index contributed by atoms with van der Waals surface area (Å²) in [5.74, 6) is 1.51. The predicted octanol–water partition coefficient (Wildman–Crippen LogP) is 2.47. The van der Waals surface area contributed by atoms with E-state index >= 15 is 0 Å². The fourth-order valence-electron chi connectivity index (χ4n) is 0.291. The van der Waals surface area contributed by atoms with Crippen molar-refractivity contribution in [3.63, 3.8) is 0 Å². The van der Waals surface area contributed by atoms with E-state index in [-0.39, 0.29) is 0 Å². The van der Waals surface area contributed by atoms with E-state index in [2.05, 4.69) is 6.58 Å². The van der Waals surface area contributed by atoms with Crippen molar-refractivity contribution in [3.8, 4) is 0 Å². The van der Waals surface area contributed by atoms with Gasteiger partial charge in [-0.1, -0.05) is 6.08 Å². The number of allylic oxidation sites excluding steroid dienone is 1. The van der Waals surface area contributed by atoms with Gasteiger partial charge in [-0.3, -0.25) is 0 Å². The summed E-state index contributed by atoms with van der Waals surface area (Å²) in [4.78, 5) is 0. The monoisotopic (exact) mass is 145 g/mol. The third-order valence-electron chi connectivity index (χ3n) is 0.590. The van der Waals surface area contributed by atoms with E-state index in [4.69, 9.17) is 4.52 Å². The molecule has 0 aromatic heterocycles. The molecular formula is C6H10O2P+. The highest BCUT2D eigenvalue weighted by molar-refractivity contribution is 7.42. The standard InChI is InChI=1S/C6H10O2P/c1-3-5-8-9(7)6-4-2/h3-4,6H,1,5H2,2H3/q+1. The lowest BCUT2D eigenvalue weighted by Crippen LogP contribution is -1.75. The molecule has 50 valence electrons.